The minimum Gasteiger partial charge on any atom is -0.368 e. The summed E-state index contributed by atoms with van der Waals surface area (Å²) in [5.74, 6) is 1.94. The number of fused-ring (bicyclic) bond motifs is 6. The maximum Gasteiger partial charge on any atom is 0.151 e. The quantitative estimate of drug-likeness (QED) is 0.236. The number of benzene rings is 2. The van der Waals surface area contributed by atoms with Gasteiger partial charge in [0.25, 0.3) is 0 Å². The van der Waals surface area contributed by atoms with Gasteiger partial charge in [0.05, 0.1) is 33.1 Å². The highest BCUT2D eigenvalue weighted by Crippen LogP contribution is 2.23. The van der Waals surface area contributed by atoms with E-state index < -0.39 is 0 Å². The molecule has 1 saturated heterocycles. The van der Waals surface area contributed by atoms with E-state index >= 15 is 0 Å². The predicted octanol–water partition coefficient (Wildman–Crippen LogP) is 5.21. The molecule has 1 fully saturated rings. The van der Waals surface area contributed by atoms with Gasteiger partial charge in [-0.15, -0.1) is 0 Å². The lowest BCUT2D eigenvalue weighted by molar-refractivity contribution is 0.132. The van der Waals surface area contributed by atoms with Crippen LogP contribution in [0.3, 0.4) is 0 Å². The minimum absolute atomic E-state index is 0.926. The Balaban J connectivity index is 0.843. The van der Waals surface area contributed by atoms with Gasteiger partial charge in [-0.05, 0) is 74.5 Å². The number of piperazine rings is 1. The third-order valence-corrected chi connectivity index (χ3v) is 8.08. The average Bonchev–Trinajstić information content (AvgIpc) is 3.69. The smallest absolute Gasteiger partial charge is 0.151 e. The predicted molar refractivity (Wildman–Crippen MR) is 164 cm³/mol. The molecule has 1 aliphatic heterocycles. The van der Waals surface area contributed by atoms with Crippen LogP contribution in [-0.2, 0) is 0 Å². The van der Waals surface area contributed by atoms with Gasteiger partial charge in [0.1, 0.15) is 0 Å². The van der Waals surface area contributed by atoms with Crippen LogP contribution in [0.15, 0.2) is 85.2 Å². The maximum absolute atomic E-state index is 4.89. The molecule has 0 saturated carbocycles. The fraction of sp³-hybridized carbons (Fsp3) is 0.312. The Hall–Kier alpha value is -4.14. The largest absolute Gasteiger partial charge is 0.368 e. The van der Waals surface area contributed by atoms with E-state index in [1.807, 2.05) is 12.1 Å². The van der Waals surface area contributed by atoms with E-state index in [0.717, 1.165) is 110 Å². The summed E-state index contributed by atoms with van der Waals surface area (Å²) in [6, 6.07) is 25.1. The van der Waals surface area contributed by atoms with Gasteiger partial charge in [-0.2, -0.15) is 0 Å². The van der Waals surface area contributed by atoms with E-state index in [0.29, 0.717) is 0 Å². The lowest BCUT2D eigenvalue weighted by Gasteiger charge is -2.34. The Morgan fingerprint density at radius 1 is 0.525 bits per heavy atom. The molecule has 0 aliphatic carbocycles. The zero-order valence-electron chi connectivity index (χ0n) is 22.8. The zero-order valence-corrected chi connectivity index (χ0v) is 22.8. The Morgan fingerprint density at radius 2 is 0.950 bits per heavy atom. The average molecular weight is 533 g/mol. The minimum atomic E-state index is 0.926. The summed E-state index contributed by atoms with van der Waals surface area (Å²) in [4.78, 5) is 15.0. The summed E-state index contributed by atoms with van der Waals surface area (Å²) >= 11 is 0. The van der Waals surface area contributed by atoms with Crippen molar-refractivity contribution in [2.24, 2.45) is 0 Å². The molecule has 6 aromatic rings. The number of rotatable bonds is 10. The third kappa shape index (κ3) is 4.96. The molecule has 2 N–H and O–H groups in total. The normalized spacial score (nSPS) is 15.0. The molecule has 1 aliphatic rings. The Bertz CT molecular complexity index is 1610. The monoisotopic (exact) mass is 532 g/mol. The highest BCUT2D eigenvalue weighted by Gasteiger charge is 2.16. The zero-order chi connectivity index (χ0) is 26.7. The van der Waals surface area contributed by atoms with E-state index in [-0.39, 0.29) is 0 Å². The molecule has 5 heterocycles. The molecule has 8 nitrogen and oxygen atoms in total. The van der Waals surface area contributed by atoms with Crippen LogP contribution in [0.5, 0.6) is 0 Å². The standard InChI is InChI=1S/C32H36N8/c1-3-11-27-25(9-1)35-31(29-13-5-19-39(27)29)33-15-7-17-37-21-23-38(24-22-37)18-8-16-34-32-30-14-6-20-40(30)28-12-4-2-10-26(28)36-32/h1-6,9-14,19-20H,7-8,15-18,21-24H2,(H,33,35)(H,34,36). The van der Waals surface area contributed by atoms with E-state index in [4.69, 9.17) is 9.97 Å². The molecule has 8 heteroatoms. The van der Waals surface area contributed by atoms with Crippen LogP contribution in [0.1, 0.15) is 12.8 Å². The molecular weight excluding hydrogens is 496 g/mol. The van der Waals surface area contributed by atoms with E-state index in [9.17, 15) is 0 Å². The summed E-state index contributed by atoms with van der Waals surface area (Å²) in [7, 11) is 0. The van der Waals surface area contributed by atoms with Gasteiger partial charge < -0.3 is 29.2 Å². The number of para-hydroxylation sites is 4. The van der Waals surface area contributed by atoms with Crippen molar-refractivity contribution >= 4 is 44.7 Å². The molecule has 4 aromatic heterocycles. The molecule has 7 rings (SSSR count). The Morgan fingerprint density at radius 3 is 1.43 bits per heavy atom. The number of nitrogens with zero attached hydrogens (tertiary/aromatic N) is 6. The first-order valence-electron chi connectivity index (χ1n) is 14.5. The van der Waals surface area contributed by atoms with Gasteiger partial charge in [0.2, 0.25) is 0 Å². The van der Waals surface area contributed by atoms with Gasteiger partial charge >= 0.3 is 0 Å². The van der Waals surface area contributed by atoms with Crippen LogP contribution < -0.4 is 10.6 Å². The molecule has 40 heavy (non-hydrogen) atoms. The van der Waals surface area contributed by atoms with Crippen molar-refractivity contribution in [3.8, 4) is 0 Å². The Labute approximate surface area is 234 Å². The fourth-order valence-corrected chi connectivity index (χ4v) is 5.96. The number of hydrogen-bond acceptors (Lipinski definition) is 6. The second-order valence-electron chi connectivity index (χ2n) is 10.7. The van der Waals surface area contributed by atoms with Crippen LogP contribution in [0, 0.1) is 0 Å². The van der Waals surface area contributed by atoms with Crippen molar-refractivity contribution in [3.63, 3.8) is 0 Å². The second kappa shape index (κ2) is 11.2. The van der Waals surface area contributed by atoms with Crippen LogP contribution in [0.25, 0.3) is 33.1 Å². The van der Waals surface area contributed by atoms with E-state index in [1.54, 1.807) is 0 Å². The first kappa shape index (κ1) is 24.9. The van der Waals surface area contributed by atoms with Crippen molar-refractivity contribution in [1.29, 1.82) is 0 Å². The van der Waals surface area contributed by atoms with Gasteiger partial charge in [-0.1, -0.05) is 24.3 Å². The molecule has 0 unspecified atom stereocenters. The number of aromatic nitrogens is 4. The lowest BCUT2D eigenvalue weighted by atomic mass is 10.2. The van der Waals surface area contributed by atoms with Gasteiger partial charge in [-0.25, -0.2) is 9.97 Å². The summed E-state index contributed by atoms with van der Waals surface area (Å²) in [5.41, 5.74) is 6.60. The number of nitrogens with one attached hydrogen (secondary N) is 2. The van der Waals surface area contributed by atoms with E-state index in [2.05, 4.69) is 102 Å². The summed E-state index contributed by atoms with van der Waals surface area (Å²) in [5, 5.41) is 7.20. The molecule has 0 atom stereocenters. The maximum atomic E-state index is 4.89. The number of hydrogen-bond donors (Lipinski definition) is 2. The van der Waals surface area contributed by atoms with Crippen LogP contribution in [0.2, 0.25) is 0 Å². The van der Waals surface area contributed by atoms with Crippen LogP contribution >= 0.6 is 0 Å². The molecule has 2 aromatic carbocycles. The SMILES string of the molecule is c1ccc2c(c1)nc(NCCCN1CCN(CCCNc3nc4ccccc4n4cccc34)CC1)c1cccn12. The second-order valence-corrected chi connectivity index (χ2v) is 10.7. The van der Waals surface area contributed by atoms with Crippen LogP contribution in [-0.4, -0.2) is 80.9 Å². The van der Waals surface area contributed by atoms with Gasteiger partial charge in [0, 0.05) is 51.7 Å². The fourth-order valence-electron chi connectivity index (χ4n) is 5.96. The Kier molecular flexibility index (Phi) is 6.93. The highest BCUT2D eigenvalue weighted by molar-refractivity contribution is 5.85. The van der Waals surface area contributed by atoms with Crippen molar-refractivity contribution in [3.05, 3.63) is 85.2 Å². The summed E-state index contributed by atoms with van der Waals surface area (Å²) in [6.07, 6.45) is 6.44. The first-order chi connectivity index (χ1) is 19.8. The topological polar surface area (TPSA) is 65.1 Å². The summed E-state index contributed by atoms with van der Waals surface area (Å²) < 4.78 is 4.44. The van der Waals surface area contributed by atoms with Crippen LogP contribution in [0.4, 0.5) is 11.6 Å². The summed E-state index contributed by atoms with van der Waals surface area (Å²) in [6.45, 7) is 8.65. The van der Waals surface area contributed by atoms with E-state index in [1.165, 1.54) is 0 Å². The van der Waals surface area contributed by atoms with Crippen molar-refractivity contribution < 1.29 is 0 Å². The third-order valence-electron chi connectivity index (χ3n) is 8.08. The van der Waals surface area contributed by atoms with Gasteiger partial charge in [-0.3, -0.25) is 0 Å². The van der Waals surface area contributed by atoms with Crippen molar-refractivity contribution in [2.45, 2.75) is 12.8 Å². The lowest BCUT2D eigenvalue weighted by Crippen LogP contribution is -2.47. The molecule has 0 radical (unpaired) electrons. The van der Waals surface area contributed by atoms with Crippen molar-refractivity contribution in [2.75, 3.05) is 63.0 Å². The van der Waals surface area contributed by atoms with Gasteiger partial charge in [0.15, 0.2) is 11.6 Å². The molecular formula is C32H36N8. The molecule has 0 spiro atoms. The molecule has 0 bridgehead atoms. The number of anilines is 2. The molecule has 0 amide bonds. The first-order valence-corrected chi connectivity index (χ1v) is 14.5. The molecule has 204 valence electrons. The van der Waals surface area contributed by atoms with Crippen molar-refractivity contribution in [1.82, 2.24) is 28.6 Å². The highest BCUT2D eigenvalue weighted by atomic mass is 15.3.